The molecule has 210 valence electrons. The van der Waals surface area contributed by atoms with Gasteiger partial charge in [-0.15, -0.1) is 0 Å². The van der Waals surface area contributed by atoms with E-state index in [1.54, 1.807) is 26.0 Å². The lowest BCUT2D eigenvalue weighted by Gasteiger charge is -2.33. The number of unbranched alkanes of at least 4 members (excludes halogenated alkanes) is 1. The van der Waals surface area contributed by atoms with Crippen molar-refractivity contribution in [2.24, 2.45) is 0 Å². The van der Waals surface area contributed by atoms with Gasteiger partial charge >= 0.3 is 0 Å². The first-order valence-corrected chi connectivity index (χ1v) is 13.8. The number of rotatable bonds is 14. The zero-order valence-electron chi connectivity index (χ0n) is 23.8. The lowest BCUT2D eigenvalue weighted by atomic mass is 9.98. The molecule has 0 aromatic heterocycles. The van der Waals surface area contributed by atoms with Gasteiger partial charge < -0.3 is 20.5 Å². The molecule has 0 aliphatic rings. The largest absolute Gasteiger partial charge is 0.366 e. The van der Waals surface area contributed by atoms with Crippen LogP contribution < -0.4 is 10.6 Å². The van der Waals surface area contributed by atoms with Crippen molar-refractivity contribution in [2.75, 3.05) is 13.1 Å². The molecule has 5 nitrogen and oxygen atoms in total. The Bertz CT molecular complexity index is 1110. The van der Waals surface area contributed by atoms with Crippen LogP contribution in [0.3, 0.4) is 0 Å². The molecule has 0 aliphatic carbocycles. The Morgan fingerprint density at radius 2 is 1.64 bits per heavy atom. The summed E-state index contributed by atoms with van der Waals surface area (Å²) in [5, 5.41) is 26.3. The van der Waals surface area contributed by atoms with E-state index in [9.17, 15) is 9.50 Å². The Morgan fingerprint density at radius 3 is 2.21 bits per heavy atom. The molecular formula is C33H44FN3O2. The molecule has 0 saturated heterocycles. The van der Waals surface area contributed by atoms with E-state index < -0.39 is 11.6 Å². The van der Waals surface area contributed by atoms with E-state index >= 15 is 0 Å². The predicted molar refractivity (Wildman–Crippen MR) is 157 cm³/mol. The third kappa shape index (κ3) is 13.5. The minimum absolute atomic E-state index is 0.0492. The summed E-state index contributed by atoms with van der Waals surface area (Å²) in [6.07, 6.45) is 3.46. The van der Waals surface area contributed by atoms with E-state index in [4.69, 9.17) is 10.00 Å². The van der Waals surface area contributed by atoms with Crippen molar-refractivity contribution < 1.29 is 14.2 Å². The summed E-state index contributed by atoms with van der Waals surface area (Å²) < 4.78 is 19.6. The van der Waals surface area contributed by atoms with Crippen molar-refractivity contribution in [3.8, 4) is 6.07 Å². The quantitative estimate of drug-likeness (QED) is 0.168. The van der Waals surface area contributed by atoms with Crippen molar-refractivity contribution in [1.29, 1.82) is 5.26 Å². The van der Waals surface area contributed by atoms with Gasteiger partial charge in [0.1, 0.15) is 11.9 Å². The standard InChI is InChI=1S/C26H36FN3O2.C7H8/c1-4-5-14-30-24(17-20-9-7-6-8-10-20)25(32-26(2,3)31)13-15-29-19-21-11-12-23(27)22(16-21)18-28;1-7-5-3-2-4-6-7/h6-12,16,24-25,29-31H,4-5,13-15,17,19H2,1-3H3;2-6H,1H3. The second-order valence-corrected chi connectivity index (χ2v) is 10.3. The highest BCUT2D eigenvalue weighted by Gasteiger charge is 2.27. The molecule has 0 radical (unpaired) electrons. The van der Waals surface area contributed by atoms with Crippen LogP contribution in [0.4, 0.5) is 4.39 Å². The highest BCUT2D eigenvalue weighted by molar-refractivity contribution is 5.34. The highest BCUT2D eigenvalue weighted by atomic mass is 19.1. The van der Waals surface area contributed by atoms with Gasteiger partial charge in [0.25, 0.3) is 0 Å². The normalized spacial score (nSPS) is 12.6. The molecule has 39 heavy (non-hydrogen) atoms. The first kappa shape index (κ1) is 32.1. The number of nitrogens with one attached hydrogen (secondary N) is 2. The summed E-state index contributed by atoms with van der Waals surface area (Å²) in [6, 6.07) is 27.0. The van der Waals surface area contributed by atoms with E-state index in [-0.39, 0.29) is 17.7 Å². The number of aliphatic hydroxyl groups is 1. The second kappa shape index (κ2) is 17.5. The summed E-state index contributed by atoms with van der Waals surface area (Å²) in [6.45, 7) is 9.62. The van der Waals surface area contributed by atoms with E-state index in [1.807, 2.05) is 42.5 Å². The summed E-state index contributed by atoms with van der Waals surface area (Å²) in [5.74, 6) is -1.75. The van der Waals surface area contributed by atoms with Crippen LogP contribution >= 0.6 is 0 Å². The molecule has 0 fully saturated rings. The Kier molecular flexibility index (Phi) is 14.4. The summed E-state index contributed by atoms with van der Waals surface area (Å²) >= 11 is 0. The first-order chi connectivity index (χ1) is 18.7. The van der Waals surface area contributed by atoms with Gasteiger partial charge in [-0.05, 0) is 76.4 Å². The maximum atomic E-state index is 13.5. The predicted octanol–water partition coefficient (Wildman–Crippen LogP) is 6.29. The van der Waals surface area contributed by atoms with Gasteiger partial charge in [-0.2, -0.15) is 5.26 Å². The fourth-order valence-electron chi connectivity index (χ4n) is 4.16. The molecule has 6 heteroatoms. The van der Waals surface area contributed by atoms with E-state index in [2.05, 4.69) is 48.7 Å². The summed E-state index contributed by atoms with van der Waals surface area (Å²) in [5.41, 5.74) is 3.44. The van der Waals surface area contributed by atoms with Crippen molar-refractivity contribution in [3.05, 3.63) is 107 Å². The minimum atomic E-state index is -1.25. The first-order valence-electron chi connectivity index (χ1n) is 13.8. The van der Waals surface area contributed by atoms with Crippen LogP contribution in [0, 0.1) is 24.1 Å². The van der Waals surface area contributed by atoms with Crippen LogP contribution in [-0.2, 0) is 17.7 Å². The molecule has 3 N–H and O–H groups in total. The molecule has 0 heterocycles. The molecule has 0 aliphatic heterocycles. The van der Waals surface area contributed by atoms with Crippen LogP contribution in [0.1, 0.15) is 62.3 Å². The number of nitrogens with zero attached hydrogens (tertiary/aromatic N) is 1. The molecule has 2 atom stereocenters. The van der Waals surface area contributed by atoms with Crippen LogP contribution in [-0.4, -0.2) is 36.1 Å². The van der Waals surface area contributed by atoms with Crippen LogP contribution in [0.25, 0.3) is 0 Å². The highest BCUT2D eigenvalue weighted by Crippen LogP contribution is 2.18. The Morgan fingerprint density at radius 1 is 0.974 bits per heavy atom. The zero-order valence-corrected chi connectivity index (χ0v) is 23.8. The molecule has 3 aromatic rings. The van der Waals surface area contributed by atoms with E-state index in [1.165, 1.54) is 17.2 Å². The van der Waals surface area contributed by atoms with Crippen LogP contribution in [0.15, 0.2) is 78.9 Å². The van der Waals surface area contributed by atoms with Gasteiger partial charge in [-0.25, -0.2) is 4.39 Å². The third-order valence-electron chi connectivity index (χ3n) is 6.15. The van der Waals surface area contributed by atoms with Gasteiger partial charge in [-0.3, -0.25) is 0 Å². The van der Waals surface area contributed by atoms with E-state index in [0.717, 1.165) is 31.4 Å². The van der Waals surface area contributed by atoms with Crippen molar-refractivity contribution in [3.63, 3.8) is 0 Å². The lowest BCUT2D eigenvalue weighted by Crippen LogP contribution is -2.48. The Labute approximate surface area is 234 Å². The monoisotopic (exact) mass is 533 g/mol. The molecule has 3 rings (SSSR count). The molecule has 3 aromatic carbocycles. The summed E-state index contributed by atoms with van der Waals surface area (Å²) in [7, 11) is 0. The van der Waals surface area contributed by atoms with Gasteiger partial charge in [0.15, 0.2) is 5.79 Å². The van der Waals surface area contributed by atoms with Crippen molar-refractivity contribution in [1.82, 2.24) is 10.6 Å². The van der Waals surface area contributed by atoms with Crippen molar-refractivity contribution >= 4 is 0 Å². The van der Waals surface area contributed by atoms with Gasteiger partial charge in [0, 0.05) is 12.6 Å². The lowest BCUT2D eigenvalue weighted by molar-refractivity contribution is -0.212. The number of halogens is 1. The zero-order chi connectivity index (χ0) is 28.5. The average molecular weight is 534 g/mol. The molecule has 0 amide bonds. The van der Waals surface area contributed by atoms with Crippen LogP contribution in [0.5, 0.6) is 0 Å². The number of benzene rings is 3. The number of nitriles is 1. The smallest absolute Gasteiger partial charge is 0.160 e. The Hall–Kier alpha value is -3.08. The molecule has 0 spiro atoms. The SMILES string of the molecule is CCCCNC(Cc1ccccc1)C(CCNCc1ccc(F)c(C#N)c1)OC(C)(C)O.Cc1ccccc1. The number of hydrogen-bond donors (Lipinski definition) is 3. The third-order valence-corrected chi connectivity index (χ3v) is 6.15. The summed E-state index contributed by atoms with van der Waals surface area (Å²) in [4.78, 5) is 0. The van der Waals surface area contributed by atoms with E-state index in [0.29, 0.717) is 19.5 Å². The van der Waals surface area contributed by atoms with Gasteiger partial charge in [0.2, 0.25) is 0 Å². The second-order valence-electron chi connectivity index (χ2n) is 10.3. The fourth-order valence-corrected chi connectivity index (χ4v) is 4.16. The minimum Gasteiger partial charge on any atom is -0.366 e. The molecule has 0 bridgehead atoms. The Balaban J connectivity index is 0.000000658. The maximum Gasteiger partial charge on any atom is 0.160 e. The van der Waals surface area contributed by atoms with Crippen LogP contribution in [0.2, 0.25) is 0 Å². The topological polar surface area (TPSA) is 77.3 Å². The van der Waals surface area contributed by atoms with Gasteiger partial charge in [-0.1, -0.05) is 85.6 Å². The fraction of sp³-hybridized carbons (Fsp3) is 0.424. The molecule has 2 unspecified atom stereocenters. The number of ether oxygens (including phenoxy) is 1. The number of hydrogen-bond acceptors (Lipinski definition) is 5. The average Bonchev–Trinajstić information content (AvgIpc) is 2.91. The maximum absolute atomic E-state index is 13.5. The van der Waals surface area contributed by atoms with Gasteiger partial charge in [0.05, 0.1) is 11.7 Å². The molecular weight excluding hydrogens is 489 g/mol. The molecule has 0 saturated carbocycles. The number of aryl methyl sites for hydroxylation is 1. The van der Waals surface area contributed by atoms with Crippen molar-refractivity contribution in [2.45, 2.75) is 77.9 Å².